The van der Waals surface area contributed by atoms with Crippen LogP contribution < -0.4 is 11.1 Å². The van der Waals surface area contributed by atoms with Gasteiger partial charge in [0.1, 0.15) is 5.82 Å². The van der Waals surface area contributed by atoms with Crippen molar-refractivity contribution in [3.05, 3.63) is 65.5 Å². The summed E-state index contributed by atoms with van der Waals surface area (Å²) in [6.45, 7) is 0.943. The van der Waals surface area contributed by atoms with Gasteiger partial charge in [0.25, 0.3) is 0 Å². The van der Waals surface area contributed by atoms with Gasteiger partial charge in [0.2, 0.25) is 11.8 Å². The third-order valence-electron chi connectivity index (χ3n) is 4.45. The molecule has 1 heterocycles. The molecule has 3 N–H and O–H groups in total. The van der Waals surface area contributed by atoms with Gasteiger partial charge in [-0.1, -0.05) is 36.4 Å². The molecular weight excluding hydrogens is 321 g/mol. The summed E-state index contributed by atoms with van der Waals surface area (Å²) in [5, 5.41) is 2.56. The van der Waals surface area contributed by atoms with Crippen LogP contribution in [-0.4, -0.2) is 29.3 Å². The molecule has 2 aromatic carbocycles. The van der Waals surface area contributed by atoms with Crippen molar-refractivity contribution in [2.75, 3.05) is 11.9 Å². The Bertz CT molecular complexity index is 794. The summed E-state index contributed by atoms with van der Waals surface area (Å²) in [5.41, 5.74) is 7.93. The van der Waals surface area contributed by atoms with Crippen LogP contribution in [0.15, 0.2) is 48.5 Å². The van der Waals surface area contributed by atoms with Gasteiger partial charge in [0, 0.05) is 19.5 Å². The molecule has 0 spiro atoms. The number of anilines is 1. The SMILES string of the molecule is NC(=O)[C@@H]1Cc2ccccc2CN1CCC(=O)Nc1ccccc1F. The summed E-state index contributed by atoms with van der Waals surface area (Å²) in [6.07, 6.45) is 0.695. The molecule has 1 aliphatic heterocycles. The largest absolute Gasteiger partial charge is 0.368 e. The number of nitrogens with one attached hydrogen (secondary N) is 1. The van der Waals surface area contributed by atoms with Crippen LogP contribution in [0.5, 0.6) is 0 Å². The van der Waals surface area contributed by atoms with Gasteiger partial charge in [-0.05, 0) is 29.7 Å². The van der Waals surface area contributed by atoms with Crippen LogP contribution in [0.1, 0.15) is 17.5 Å². The molecule has 0 saturated heterocycles. The molecule has 3 rings (SSSR count). The zero-order valence-corrected chi connectivity index (χ0v) is 13.7. The summed E-state index contributed by atoms with van der Waals surface area (Å²) in [6, 6.07) is 13.5. The lowest BCUT2D eigenvalue weighted by atomic mass is 9.93. The normalized spacial score (nSPS) is 16.9. The zero-order chi connectivity index (χ0) is 17.8. The van der Waals surface area contributed by atoms with Crippen molar-refractivity contribution in [2.24, 2.45) is 5.73 Å². The van der Waals surface area contributed by atoms with Crippen molar-refractivity contribution in [1.29, 1.82) is 0 Å². The summed E-state index contributed by atoms with van der Waals surface area (Å²) in [4.78, 5) is 25.8. The number of nitrogens with zero attached hydrogens (tertiary/aromatic N) is 1. The monoisotopic (exact) mass is 341 g/mol. The summed E-state index contributed by atoms with van der Waals surface area (Å²) in [7, 11) is 0. The standard InChI is InChI=1S/C19H20FN3O2/c20-15-7-3-4-8-16(15)22-18(24)9-10-23-12-14-6-2-1-5-13(14)11-17(23)19(21)25/h1-8,17H,9-12H2,(H2,21,25)(H,22,24)/t17-/m0/s1. The molecule has 0 aromatic heterocycles. The van der Waals surface area contributed by atoms with E-state index in [4.69, 9.17) is 5.73 Å². The lowest BCUT2D eigenvalue weighted by Gasteiger charge is -2.34. The Morgan fingerprint density at radius 2 is 1.80 bits per heavy atom. The maximum Gasteiger partial charge on any atom is 0.235 e. The van der Waals surface area contributed by atoms with E-state index in [1.54, 1.807) is 12.1 Å². The Morgan fingerprint density at radius 1 is 1.12 bits per heavy atom. The summed E-state index contributed by atoms with van der Waals surface area (Å²) < 4.78 is 13.6. The second-order valence-corrected chi connectivity index (χ2v) is 6.14. The minimum absolute atomic E-state index is 0.153. The van der Waals surface area contributed by atoms with Gasteiger partial charge in [0.05, 0.1) is 11.7 Å². The van der Waals surface area contributed by atoms with Gasteiger partial charge in [-0.15, -0.1) is 0 Å². The number of benzene rings is 2. The van der Waals surface area contributed by atoms with Crippen molar-refractivity contribution in [3.8, 4) is 0 Å². The minimum atomic E-state index is -0.474. The Hall–Kier alpha value is -2.73. The highest BCUT2D eigenvalue weighted by molar-refractivity contribution is 5.91. The first-order valence-electron chi connectivity index (χ1n) is 8.19. The minimum Gasteiger partial charge on any atom is -0.368 e. The van der Waals surface area contributed by atoms with E-state index in [0.29, 0.717) is 19.5 Å². The third kappa shape index (κ3) is 4.03. The first-order chi connectivity index (χ1) is 12.0. The highest BCUT2D eigenvalue weighted by atomic mass is 19.1. The van der Waals surface area contributed by atoms with E-state index in [2.05, 4.69) is 5.32 Å². The second-order valence-electron chi connectivity index (χ2n) is 6.14. The van der Waals surface area contributed by atoms with Crippen molar-refractivity contribution < 1.29 is 14.0 Å². The van der Waals surface area contributed by atoms with Gasteiger partial charge in [0.15, 0.2) is 0 Å². The first-order valence-corrected chi connectivity index (χ1v) is 8.19. The molecular formula is C19H20FN3O2. The van der Waals surface area contributed by atoms with E-state index in [1.807, 2.05) is 29.2 Å². The van der Waals surface area contributed by atoms with E-state index < -0.39 is 17.8 Å². The number of hydrogen-bond acceptors (Lipinski definition) is 3. The molecule has 0 bridgehead atoms. The number of amides is 2. The molecule has 25 heavy (non-hydrogen) atoms. The average Bonchev–Trinajstić information content (AvgIpc) is 2.61. The lowest BCUT2D eigenvalue weighted by Crippen LogP contribution is -2.49. The maximum atomic E-state index is 13.6. The Kier molecular flexibility index (Phi) is 5.09. The summed E-state index contributed by atoms with van der Waals surface area (Å²) >= 11 is 0. The fourth-order valence-electron chi connectivity index (χ4n) is 3.11. The summed E-state index contributed by atoms with van der Waals surface area (Å²) in [5.74, 6) is -1.17. The highest BCUT2D eigenvalue weighted by Crippen LogP contribution is 2.23. The Morgan fingerprint density at radius 3 is 2.52 bits per heavy atom. The van der Waals surface area contributed by atoms with Crippen LogP contribution >= 0.6 is 0 Å². The molecule has 0 saturated carbocycles. The zero-order valence-electron chi connectivity index (χ0n) is 13.7. The van der Waals surface area contributed by atoms with Gasteiger partial charge in [-0.25, -0.2) is 4.39 Å². The molecule has 130 valence electrons. The fourth-order valence-corrected chi connectivity index (χ4v) is 3.11. The van der Waals surface area contributed by atoms with Gasteiger partial charge in [-0.2, -0.15) is 0 Å². The number of nitrogens with two attached hydrogens (primary N) is 1. The van der Waals surface area contributed by atoms with E-state index in [0.717, 1.165) is 11.1 Å². The van der Waals surface area contributed by atoms with E-state index >= 15 is 0 Å². The van der Waals surface area contributed by atoms with Crippen LogP contribution in [0.4, 0.5) is 10.1 Å². The number of carbonyl (C=O) groups is 2. The first kappa shape index (κ1) is 17.1. The molecule has 1 atom stereocenters. The van der Waals surface area contributed by atoms with Gasteiger partial charge in [-0.3, -0.25) is 14.5 Å². The Labute approximate surface area is 145 Å². The van der Waals surface area contributed by atoms with Crippen LogP contribution in [0.25, 0.3) is 0 Å². The van der Waals surface area contributed by atoms with Gasteiger partial charge >= 0.3 is 0 Å². The molecule has 2 aromatic rings. The molecule has 0 unspecified atom stereocenters. The van der Waals surface area contributed by atoms with E-state index in [-0.39, 0.29) is 18.0 Å². The predicted octanol–water partition coefficient (Wildman–Crippen LogP) is 2.07. The molecule has 0 aliphatic carbocycles. The molecule has 5 nitrogen and oxygen atoms in total. The number of hydrogen-bond donors (Lipinski definition) is 2. The number of primary amides is 1. The van der Waals surface area contributed by atoms with Crippen molar-refractivity contribution >= 4 is 17.5 Å². The Balaban J connectivity index is 1.64. The average molecular weight is 341 g/mol. The molecule has 6 heteroatoms. The van der Waals surface area contributed by atoms with Crippen LogP contribution in [-0.2, 0) is 22.6 Å². The van der Waals surface area contributed by atoms with Gasteiger partial charge < -0.3 is 11.1 Å². The van der Waals surface area contributed by atoms with Crippen LogP contribution in [0.2, 0.25) is 0 Å². The maximum absolute atomic E-state index is 13.6. The van der Waals surface area contributed by atoms with Crippen molar-refractivity contribution in [2.45, 2.75) is 25.4 Å². The molecule has 2 amide bonds. The third-order valence-corrected chi connectivity index (χ3v) is 4.45. The number of fused-ring (bicyclic) bond motifs is 1. The van der Waals surface area contributed by atoms with E-state index in [1.165, 1.54) is 12.1 Å². The predicted molar refractivity (Wildman–Crippen MR) is 93.2 cm³/mol. The molecule has 0 radical (unpaired) electrons. The smallest absolute Gasteiger partial charge is 0.235 e. The number of para-hydroxylation sites is 1. The topological polar surface area (TPSA) is 75.4 Å². The fraction of sp³-hybridized carbons (Fsp3) is 0.263. The number of rotatable bonds is 5. The highest BCUT2D eigenvalue weighted by Gasteiger charge is 2.29. The van der Waals surface area contributed by atoms with Crippen molar-refractivity contribution in [3.63, 3.8) is 0 Å². The van der Waals surface area contributed by atoms with Crippen molar-refractivity contribution in [1.82, 2.24) is 4.90 Å². The van der Waals surface area contributed by atoms with E-state index in [9.17, 15) is 14.0 Å². The molecule has 1 aliphatic rings. The molecule has 0 fully saturated rings. The van der Waals surface area contributed by atoms with Crippen LogP contribution in [0.3, 0.4) is 0 Å². The second kappa shape index (κ2) is 7.44. The number of halogens is 1. The number of carbonyl (C=O) groups excluding carboxylic acids is 2. The lowest BCUT2D eigenvalue weighted by molar-refractivity contribution is -0.125. The quantitative estimate of drug-likeness (QED) is 0.874. The van der Waals surface area contributed by atoms with Crippen LogP contribution in [0, 0.1) is 5.82 Å².